The lowest BCUT2D eigenvalue weighted by molar-refractivity contribution is 0.0373. The Balaban J connectivity index is 1.73. The van der Waals surface area contributed by atoms with Crippen LogP contribution in [0.2, 0.25) is 0 Å². The maximum absolute atomic E-state index is 5.67. The molecule has 2 aromatic rings. The molecule has 164 valence electrons. The molecular weight excluding hydrogens is 394 g/mol. The fraction of sp³-hybridized carbons (Fsp3) is 0.565. The second kappa shape index (κ2) is 10.9. The summed E-state index contributed by atoms with van der Waals surface area (Å²) < 4.78 is 5.67. The number of thiazole rings is 1. The smallest absolute Gasteiger partial charge is 0.194 e. The molecule has 30 heavy (non-hydrogen) atoms. The molecule has 0 saturated carbocycles. The average Bonchev–Trinajstić information content (AvgIpc) is 3.16. The Morgan fingerprint density at radius 1 is 1.30 bits per heavy atom. The van der Waals surface area contributed by atoms with Crippen LogP contribution in [0.15, 0.2) is 40.7 Å². The van der Waals surface area contributed by atoms with Gasteiger partial charge in [0.2, 0.25) is 0 Å². The zero-order chi connectivity index (χ0) is 21.4. The lowest BCUT2D eigenvalue weighted by Crippen LogP contribution is -2.53. The summed E-state index contributed by atoms with van der Waals surface area (Å²) in [7, 11) is 2.08. The molecule has 1 aliphatic rings. The molecule has 1 saturated heterocycles. The van der Waals surface area contributed by atoms with Crippen LogP contribution in [0, 0.1) is 6.92 Å². The van der Waals surface area contributed by atoms with Crippen molar-refractivity contribution in [2.75, 3.05) is 33.4 Å². The van der Waals surface area contributed by atoms with Crippen molar-refractivity contribution in [3.05, 3.63) is 52.0 Å². The zero-order valence-corrected chi connectivity index (χ0v) is 19.5. The molecule has 7 heteroatoms. The van der Waals surface area contributed by atoms with E-state index in [1.54, 1.807) is 11.3 Å². The van der Waals surface area contributed by atoms with Crippen molar-refractivity contribution in [1.29, 1.82) is 0 Å². The Bertz CT molecular complexity index is 801. The number of nitrogens with one attached hydrogen (secondary N) is 2. The van der Waals surface area contributed by atoms with E-state index in [0.717, 1.165) is 62.4 Å². The molecule has 1 aromatic carbocycles. The van der Waals surface area contributed by atoms with Gasteiger partial charge in [-0.3, -0.25) is 4.99 Å². The van der Waals surface area contributed by atoms with Gasteiger partial charge in [-0.1, -0.05) is 30.3 Å². The summed E-state index contributed by atoms with van der Waals surface area (Å²) in [6.45, 7) is 10.2. The lowest BCUT2D eigenvalue weighted by atomic mass is 9.88. The van der Waals surface area contributed by atoms with E-state index in [9.17, 15) is 0 Å². The largest absolute Gasteiger partial charge is 0.381 e. The van der Waals surface area contributed by atoms with Gasteiger partial charge in [-0.05, 0) is 39.2 Å². The van der Waals surface area contributed by atoms with Crippen molar-refractivity contribution in [2.24, 2.45) is 4.99 Å². The number of aliphatic imine (C=N–C) groups is 1. The number of ether oxygens (including phenoxy) is 1. The van der Waals surface area contributed by atoms with Crippen LogP contribution in [0.25, 0.3) is 0 Å². The third-order valence-corrected chi connectivity index (χ3v) is 6.39. The quantitative estimate of drug-likeness (QED) is 0.494. The first-order valence-electron chi connectivity index (χ1n) is 10.8. The molecule has 1 aromatic heterocycles. The highest BCUT2D eigenvalue weighted by atomic mass is 32.1. The zero-order valence-electron chi connectivity index (χ0n) is 18.6. The van der Waals surface area contributed by atoms with Gasteiger partial charge < -0.3 is 20.3 Å². The van der Waals surface area contributed by atoms with Crippen LogP contribution in [-0.4, -0.2) is 54.7 Å². The topological polar surface area (TPSA) is 61.8 Å². The van der Waals surface area contributed by atoms with E-state index in [1.165, 1.54) is 5.56 Å². The molecular formula is C23H35N5OS. The van der Waals surface area contributed by atoms with Gasteiger partial charge in [-0.2, -0.15) is 0 Å². The lowest BCUT2D eigenvalue weighted by Gasteiger charge is -2.39. The molecule has 0 aliphatic carbocycles. The monoisotopic (exact) mass is 429 g/mol. The molecule has 0 spiro atoms. The van der Waals surface area contributed by atoms with Gasteiger partial charge >= 0.3 is 0 Å². The predicted molar refractivity (Wildman–Crippen MR) is 125 cm³/mol. The molecule has 1 fully saturated rings. The second-order valence-electron chi connectivity index (χ2n) is 8.05. The average molecular weight is 430 g/mol. The summed E-state index contributed by atoms with van der Waals surface area (Å²) in [6, 6.07) is 10.9. The van der Waals surface area contributed by atoms with Gasteiger partial charge in [0.1, 0.15) is 0 Å². The SMILES string of the molecule is CCNC(=NCC1(NC(C)c2ccccc2)CCOCC1)N(C)Cc1csc(C)n1. The van der Waals surface area contributed by atoms with Crippen LogP contribution in [-0.2, 0) is 11.3 Å². The Labute approximate surface area is 184 Å². The molecule has 1 aliphatic heterocycles. The summed E-state index contributed by atoms with van der Waals surface area (Å²) >= 11 is 1.69. The fourth-order valence-corrected chi connectivity index (χ4v) is 4.49. The number of nitrogens with zero attached hydrogens (tertiary/aromatic N) is 3. The number of hydrogen-bond acceptors (Lipinski definition) is 5. The van der Waals surface area contributed by atoms with Crippen molar-refractivity contribution >= 4 is 17.3 Å². The summed E-state index contributed by atoms with van der Waals surface area (Å²) in [5.74, 6) is 0.920. The van der Waals surface area contributed by atoms with Gasteiger partial charge in [-0.25, -0.2) is 4.98 Å². The van der Waals surface area contributed by atoms with Gasteiger partial charge in [0.05, 0.1) is 23.8 Å². The Kier molecular flexibility index (Phi) is 8.24. The van der Waals surface area contributed by atoms with Crippen molar-refractivity contribution in [3.63, 3.8) is 0 Å². The van der Waals surface area contributed by atoms with Crippen LogP contribution in [0.3, 0.4) is 0 Å². The number of aryl methyl sites for hydroxylation is 1. The van der Waals surface area contributed by atoms with Crippen LogP contribution in [0.5, 0.6) is 0 Å². The number of hydrogen-bond donors (Lipinski definition) is 2. The highest BCUT2D eigenvalue weighted by Gasteiger charge is 2.34. The molecule has 1 unspecified atom stereocenters. The van der Waals surface area contributed by atoms with E-state index < -0.39 is 0 Å². The van der Waals surface area contributed by atoms with E-state index in [-0.39, 0.29) is 11.6 Å². The van der Waals surface area contributed by atoms with Gasteiger partial charge in [-0.15, -0.1) is 11.3 Å². The van der Waals surface area contributed by atoms with E-state index in [2.05, 4.69) is 77.1 Å². The molecule has 6 nitrogen and oxygen atoms in total. The van der Waals surface area contributed by atoms with Gasteiger partial charge in [0.15, 0.2) is 5.96 Å². The standard InChI is InChI=1S/C23H35N5OS/c1-5-24-22(28(4)15-21-16-30-19(3)26-21)25-17-23(11-13-29-14-12-23)27-18(2)20-9-7-6-8-10-20/h6-10,16,18,27H,5,11-15,17H2,1-4H3,(H,24,25). The highest BCUT2D eigenvalue weighted by Crippen LogP contribution is 2.26. The summed E-state index contributed by atoms with van der Waals surface area (Å²) in [5.41, 5.74) is 2.32. The summed E-state index contributed by atoms with van der Waals surface area (Å²) in [6.07, 6.45) is 1.92. The Morgan fingerprint density at radius 3 is 2.67 bits per heavy atom. The summed E-state index contributed by atoms with van der Waals surface area (Å²) in [5, 5.41) is 10.6. The van der Waals surface area contributed by atoms with Gasteiger partial charge in [0.25, 0.3) is 0 Å². The van der Waals surface area contributed by atoms with Gasteiger partial charge in [0, 0.05) is 43.8 Å². The minimum absolute atomic E-state index is 0.0633. The van der Waals surface area contributed by atoms with Crippen LogP contribution < -0.4 is 10.6 Å². The normalized spacial score (nSPS) is 17.5. The fourth-order valence-electron chi connectivity index (χ4n) is 3.89. The van der Waals surface area contributed by atoms with Crippen molar-refractivity contribution < 1.29 is 4.74 Å². The number of benzene rings is 1. The Morgan fingerprint density at radius 2 is 2.03 bits per heavy atom. The minimum Gasteiger partial charge on any atom is -0.381 e. The second-order valence-corrected chi connectivity index (χ2v) is 9.12. The molecule has 0 amide bonds. The molecule has 0 bridgehead atoms. The van der Waals surface area contributed by atoms with Crippen LogP contribution >= 0.6 is 11.3 Å². The first kappa shape index (κ1) is 22.7. The third kappa shape index (κ3) is 6.27. The van der Waals surface area contributed by atoms with E-state index in [4.69, 9.17) is 9.73 Å². The van der Waals surface area contributed by atoms with Crippen LogP contribution in [0.1, 0.15) is 49.0 Å². The molecule has 2 heterocycles. The molecule has 1 atom stereocenters. The van der Waals surface area contributed by atoms with Crippen molar-refractivity contribution in [3.8, 4) is 0 Å². The highest BCUT2D eigenvalue weighted by molar-refractivity contribution is 7.09. The van der Waals surface area contributed by atoms with Crippen LogP contribution in [0.4, 0.5) is 0 Å². The predicted octanol–water partition coefficient (Wildman–Crippen LogP) is 3.75. The molecule has 2 N–H and O–H groups in total. The molecule has 3 rings (SSSR count). The van der Waals surface area contributed by atoms with E-state index in [1.807, 2.05) is 6.92 Å². The number of guanidine groups is 1. The third-order valence-electron chi connectivity index (χ3n) is 5.57. The molecule has 0 radical (unpaired) electrons. The minimum atomic E-state index is -0.0633. The van der Waals surface area contributed by atoms with E-state index >= 15 is 0 Å². The van der Waals surface area contributed by atoms with Crippen molar-refractivity contribution in [1.82, 2.24) is 20.5 Å². The number of rotatable bonds is 8. The maximum Gasteiger partial charge on any atom is 0.194 e. The van der Waals surface area contributed by atoms with Crippen molar-refractivity contribution in [2.45, 2.75) is 51.7 Å². The maximum atomic E-state index is 5.67. The number of aromatic nitrogens is 1. The first-order chi connectivity index (χ1) is 14.5. The Hall–Kier alpha value is -1.96. The summed E-state index contributed by atoms with van der Waals surface area (Å²) in [4.78, 5) is 11.8. The van der Waals surface area contributed by atoms with E-state index in [0.29, 0.717) is 0 Å². The first-order valence-corrected chi connectivity index (χ1v) is 11.7.